The summed E-state index contributed by atoms with van der Waals surface area (Å²) in [4.78, 5) is 21.9. The molecule has 0 bridgehead atoms. The topological polar surface area (TPSA) is 112 Å². The van der Waals surface area contributed by atoms with Crippen molar-refractivity contribution in [3.8, 4) is 6.01 Å². The Morgan fingerprint density at radius 1 is 1.39 bits per heavy atom. The average molecular weight is 276 g/mol. The number of carbonyl (C=O) groups is 1. The molecule has 0 aliphatic carbocycles. The van der Waals surface area contributed by atoms with Crippen molar-refractivity contribution in [3.05, 3.63) is 5.28 Å². The first-order valence-corrected chi connectivity index (χ1v) is 5.70. The van der Waals surface area contributed by atoms with Gasteiger partial charge in [0.2, 0.25) is 11.2 Å². The number of ether oxygens (including phenoxy) is 2. The van der Waals surface area contributed by atoms with E-state index in [9.17, 15) is 4.79 Å². The normalized spacial score (nSPS) is 9.89. The van der Waals surface area contributed by atoms with Crippen molar-refractivity contribution in [1.29, 1.82) is 0 Å². The van der Waals surface area contributed by atoms with E-state index in [2.05, 4.69) is 25.0 Å². The van der Waals surface area contributed by atoms with Gasteiger partial charge in [-0.1, -0.05) is 6.92 Å². The van der Waals surface area contributed by atoms with Crippen LogP contribution in [0.2, 0.25) is 5.28 Å². The molecule has 1 aromatic heterocycles. The Bertz CT molecular complexity index is 404. The van der Waals surface area contributed by atoms with Crippen molar-refractivity contribution in [2.45, 2.75) is 13.3 Å². The number of rotatable bonds is 7. The molecule has 18 heavy (non-hydrogen) atoms. The summed E-state index contributed by atoms with van der Waals surface area (Å²) in [5, 5.41) is 2.82. The van der Waals surface area contributed by atoms with Crippen molar-refractivity contribution in [3.63, 3.8) is 0 Å². The SMILES string of the molecule is CCCOc1nc(Cl)nc(NCCOC(N)=O)n1. The lowest BCUT2D eigenvalue weighted by Crippen LogP contribution is -2.19. The largest absolute Gasteiger partial charge is 0.463 e. The fourth-order valence-corrected chi connectivity index (χ4v) is 1.14. The standard InChI is InChI=1S/C9H14ClN5O3/c1-2-4-18-9-14-6(10)13-8(15-9)12-3-5-17-7(11)16/h2-5H2,1H3,(H2,11,16)(H,12,13,14,15). The van der Waals surface area contributed by atoms with Gasteiger partial charge in [-0.15, -0.1) is 0 Å². The number of primary amides is 1. The van der Waals surface area contributed by atoms with Crippen molar-refractivity contribution in [2.75, 3.05) is 25.1 Å². The summed E-state index contributed by atoms with van der Waals surface area (Å²) in [6.45, 7) is 2.86. The van der Waals surface area contributed by atoms with Gasteiger partial charge in [0.05, 0.1) is 13.2 Å². The molecule has 1 rings (SSSR count). The summed E-state index contributed by atoms with van der Waals surface area (Å²) < 4.78 is 9.76. The van der Waals surface area contributed by atoms with Gasteiger partial charge in [0.1, 0.15) is 6.61 Å². The zero-order chi connectivity index (χ0) is 13.4. The molecule has 0 radical (unpaired) electrons. The van der Waals surface area contributed by atoms with Crippen molar-refractivity contribution < 1.29 is 14.3 Å². The molecule has 0 saturated carbocycles. The van der Waals surface area contributed by atoms with Gasteiger partial charge in [-0.05, 0) is 18.0 Å². The number of halogens is 1. The third-order valence-electron chi connectivity index (χ3n) is 1.65. The monoisotopic (exact) mass is 275 g/mol. The Labute approximate surface area is 109 Å². The minimum atomic E-state index is -0.836. The number of aromatic nitrogens is 3. The van der Waals surface area contributed by atoms with Crippen molar-refractivity contribution in [1.82, 2.24) is 15.0 Å². The molecule has 1 amide bonds. The van der Waals surface area contributed by atoms with Crippen LogP contribution >= 0.6 is 11.6 Å². The number of nitrogens with two attached hydrogens (primary N) is 1. The summed E-state index contributed by atoms with van der Waals surface area (Å²) in [5.74, 6) is 0.245. The first-order valence-electron chi connectivity index (χ1n) is 5.32. The van der Waals surface area contributed by atoms with Gasteiger partial charge < -0.3 is 20.5 Å². The van der Waals surface area contributed by atoms with E-state index in [1.54, 1.807) is 0 Å². The smallest absolute Gasteiger partial charge is 0.404 e. The lowest BCUT2D eigenvalue weighted by Gasteiger charge is -2.07. The summed E-state index contributed by atoms with van der Waals surface area (Å²) in [7, 11) is 0. The predicted molar refractivity (Wildman–Crippen MR) is 64.6 cm³/mol. The van der Waals surface area contributed by atoms with Gasteiger partial charge in [-0.25, -0.2) is 4.79 Å². The molecule has 8 nitrogen and oxygen atoms in total. The van der Waals surface area contributed by atoms with Crippen LogP contribution in [0.15, 0.2) is 0 Å². The Balaban J connectivity index is 2.48. The maximum absolute atomic E-state index is 10.3. The molecule has 0 saturated heterocycles. The maximum Gasteiger partial charge on any atom is 0.404 e. The van der Waals surface area contributed by atoms with E-state index in [4.69, 9.17) is 22.1 Å². The summed E-state index contributed by atoms with van der Waals surface area (Å²) in [5.41, 5.74) is 4.80. The van der Waals surface area contributed by atoms with Gasteiger partial charge in [-0.3, -0.25) is 0 Å². The van der Waals surface area contributed by atoms with Crippen LogP contribution in [0.3, 0.4) is 0 Å². The Hall–Kier alpha value is -1.83. The van der Waals surface area contributed by atoms with Crippen LogP contribution in [0.1, 0.15) is 13.3 Å². The molecule has 100 valence electrons. The zero-order valence-electron chi connectivity index (χ0n) is 9.85. The maximum atomic E-state index is 10.3. The number of amides is 1. The molecular weight excluding hydrogens is 262 g/mol. The Morgan fingerprint density at radius 3 is 2.83 bits per heavy atom. The van der Waals surface area contributed by atoms with E-state index in [-0.39, 0.29) is 23.8 Å². The third-order valence-corrected chi connectivity index (χ3v) is 1.82. The average Bonchev–Trinajstić information content (AvgIpc) is 2.31. The van der Waals surface area contributed by atoms with Crippen LogP contribution < -0.4 is 15.8 Å². The van der Waals surface area contributed by atoms with E-state index in [1.165, 1.54) is 0 Å². The fraction of sp³-hybridized carbons (Fsp3) is 0.556. The highest BCUT2D eigenvalue weighted by Gasteiger charge is 2.05. The lowest BCUT2D eigenvalue weighted by molar-refractivity contribution is 0.161. The summed E-state index contributed by atoms with van der Waals surface area (Å²) >= 11 is 5.70. The molecule has 0 aromatic carbocycles. The van der Waals surface area contributed by atoms with Gasteiger partial charge in [-0.2, -0.15) is 15.0 Å². The predicted octanol–water partition coefficient (Wildman–Crippen LogP) is 0.821. The van der Waals surface area contributed by atoms with E-state index >= 15 is 0 Å². The molecule has 0 fully saturated rings. The number of carbonyl (C=O) groups excluding carboxylic acids is 1. The minimum Gasteiger partial charge on any atom is -0.463 e. The number of anilines is 1. The first-order chi connectivity index (χ1) is 8.61. The zero-order valence-corrected chi connectivity index (χ0v) is 10.6. The molecule has 0 aliphatic rings. The first kappa shape index (κ1) is 14.2. The molecule has 3 N–H and O–H groups in total. The molecular formula is C9H14ClN5O3. The Kier molecular flexibility index (Phi) is 5.92. The van der Waals surface area contributed by atoms with Gasteiger partial charge >= 0.3 is 12.1 Å². The molecule has 0 aliphatic heterocycles. The number of hydrogen-bond acceptors (Lipinski definition) is 7. The second kappa shape index (κ2) is 7.49. The van der Waals surface area contributed by atoms with Crippen molar-refractivity contribution >= 4 is 23.6 Å². The van der Waals surface area contributed by atoms with Gasteiger partial charge in [0.25, 0.3) is 0 Å². The number of hydrogen-bond donors (Lipinski definition) is 2. The van der Waals surface area contributed by atoms with Crippen LogP contribution in [0.5, 0.6) is 6.01 Å². The highest BCUT2D eigenvalue weighted by molar-refractivity contribution is 6.28. The van der Waals surface area contributed by atoms with Crippen LogP contribution in [-0.2, 0) is 4.74 Å². The molecule has 1 aromatic rings. The van der Waals surface area contributed by atoms with E-state index in [1.807, 2.05) is 6.92 Å². The minimum absolute atomic E-state index is 0.0226. The van der Waals surface area contributed by atoms with Gasteiger partial charge in [0, 0.05) is 0 Å². The second-order valence-electron chi connectivity index (χ2n) is 3.15. The quantitative estimate of drug-likeness (QED) is 0.708. The fourth-order valence-electron chi connectivity index (χ4n) is 0.983. The van der Waals surface area contributed by atoms with E-state index in [0.717, 1.165) is 6.42 Å². The molecule has 0 spiro atoms. The highest BCUT2D eigenvalue weighted by Crippen LogP contribution is 2.11. The Morgan fingerprint density at radius 2 is 2.17 bits per heavy atom. The summed E-state index contributed by atoms with van der Waals surface area (Å²) in [6, 6.07) is 0.148. The van der Waals surface area contributed by atoms with Crippen LogP contribution in [-0.4, -0.2) is 40.8 Å². The number of nitrogens with one attached hydrogen (secondary N) is 1. The third kappa shape index (κ3) is 5.48. The number of nitrogens with zero attached hydrogens (tertiary/aromatic N) is 3. The molecule has 1 heterocycles. The molecule has 0 unspecified atom stereocenters. The highest BCUT2D eigenvalue weighted by atomic mass is 35.5. The molecule has 0 atom stereocenters. The van der Waals surface area contributed by atoms with Crippen LogP contribution in [0.25, 0.3) is 0 Å². The molecule has 9 heteroatoms. The summed E-state index contributed by atoms with van der Waals surface area (Å²) in [6.07, 6.45) is -0.00384. The van der Waals surface area contributed by atoms with Crippen molar-refractivity contribution in [2.24, 2.45) is 5.73 Å². The van der Waals surface area contributed by atoms with E-state index < -0.39 is 6.09 Å². The lowest BCUT2D eigenvalue weighted by atomic mass is 10.5. The van der Waals surface area contributed by atoms with Crippen LogP contribution in [0.4, 0.5) is 10.7 Å². The van der Waals surface area contributed by atoms with E-state index in [0.29, 0.717) is 13.2 Å². The second-order valence-corrected chi connectivity index (χ2v) is 3.49. The van der Waals surface area contributed by atoms with Gasteiger partial charge in [0.15, 0.2) is 0 Å². The van der Waals surface area contributed by atoms with Crippen LogP contribution in [0, 0.1) is 0 Å².